The van der Waals surface area contributed by atoms with Crippen LogP contribution in [0.3, 0.4) is 0 Å². The lowest BCUT2D eigenvalue weighted by Crippen LogP contribution is -2.33. The Labute approximate surface area is 106 Å². The van der Waals surface area contributed by atoms with Crippen LogP contribution in [0.25, 0.3) is 0 Å². The number of amides is 1. The lowest BCUT2D eigenvalue weighted by molar-refractivity contribution is 0.0438. The molecule has 17 heavy (non-hydrogen) atoms. The monoisotopic (exact) mass is 253 g/mol. The number of aliphatic hydroxyl groups is 1. The second-order valence-corrected chi connectivity index (χ2v) is 6.34. The molecule has 0 bridgehead atoms. The van der Waals surface area contributed by atoms with E-state index in [1.54, 1.807) is 11.3 Å². The Kier molecular flexibility index (Phi) is 3.54. The number of carbonyl (C=O) groups excluding carboxylic acids is 1. The molecule has 0 saturated carbocycles. The maximum atomic E-state index is 12.2. The van der Waals surface area contributed by atoms with Crippen molar-refractivity contribution in [1.82, 2.24) is 4.90 Å². The lowest BCUT2D eigenvalue weighted by Gasteiger charge is -2.22. The number of rotatable bonds is 1. The molecular formula is C13H19NO2S. The van der Waals surface area contributed by atoms with Gasteiger partial charge in [0.05, 0.1) is 10.5 Å². The summed E-state index contributed by atoms with van der Waals surface area (Å²) in [6.07, 6.45) is 2.33. The predicted octanol–water partition coefficient (Wildman–Crippen LogP) is 2.43. The van der Waals surface area contributed by atoms with Gasteiger partial charge in [-0.3, -0.25) is 4.79 Å². The molecule has 0 radical (unpaired) electrons. The summed E-state index contributed by atoms with van der Waals surface area (Å²) in [7, 11) is 0. The molecule has 0 aliphatic carbocycles. The highest BCUT2D eigenvalue weighted by Crippen LogP contribution is 2.24. The van der Waals surface area contributed by atoms with Crippen LogP contribution in [0.4, 0.5) is 0 Å². The van der Waals surface area contributed by atoms with Gasteiger partial charge in [-0.15, -0.1) is 11.3 Å². The van der Waals surface area contributed by atoms with E-state index in [-0.39, 0.29) is 5.91 Å². The summed E-state index contributed by atoms with van der Waals surface area (Å²) in [5.41, 5.74) is -0.611. The van der Waals surface area contributed by atoms with Crippen LogP contribution >= 0.6 is 11.3 Å². The fourth-order valence-electron chi connectivity index (χ4n) is 2.17. The van der Waals surface area contributed by atoms with Crippen molar-refractivity contribution >= 4 is 17.2 Å². The van der Waals surface area contributed by atoms with Crippen LogP contribution in [0, 0.1) is 6.92 Å². The number of hydrogen-bond donors (Lipinski definition) is 1. The van der Waals surface area contributed by atoms with E-state index in [1.165, 1.54) is 0 Å². The SMILES string of the molecule is Cc1ccc(C(=O)N2CCCC(C)(O)CC2)s1. The zero-order valence-corrected chi connectivity index (χ0v) is 11.2. The predicted molar refractivity (Wildman–Crippen MR) is 69.4 cm³/mol. The molecule has 1 saturated heterocycles. The highest BCUT2D eigenvalue weighted by atomic mass is 32.1. The Morgan fingerprint density at radius 1 is 1.41 bits per heavy atom. The maximum absolute atomic E-state index is 12.2. The van der Waals surface area contributed by atoms with Crippen molar-refractivity contribution in [2.45, 2.75) is 38.7 Å². The first-order chi connectivity index (χ1) is 7.98. The normalized spacial score (nSPS) is 25.7. The second kappa shape index (κ2) is 4.78. The highest BCUT2D eigenvalue weighted by Gasteiger charge is 2.27. The first-order valence-electron chi connectivity index (χ1n) is 6.06. The fourth-order valence-corrected chi connectivity index (χ4v) is 3.01. The number of aryl methyl sites for hydroxylation is 1. The third-order valence-electron chi connectivity index (χ3n) is 3.30. The Bertz CT molecular complexity index is 411. The van der Waals surface area contributed by atoms with E-state index in [9.17, 15) is 9.90 Å². The molecule has 1 aliphatic rings. The molecule has 0 spiro atoms. The third-order valence-corrected chi connectivity index (χ3v) is 4.29. The summed E-state index contributed by atoms with van der Waals surface area (Å²) in [6.45, 7) is 5.28. The van der Waals surface area contributed by atoms with Gasteiger partial charge in [0.1, 0.15) is 0 Å². The average molecular weight is 253 g/mol. The molecule has 1 aliphatic heterocycles. The van der Waals surface area contributed by atoms with E-state index < -0.39 is 5.60 Å². The number of hydrogen-bond acceptors (Lipinski definition) is 3. The van der Waals surface area contributed by atoms with Gasteiger partial charge in [0.25, 0.3) is 5.91 Å². The molecule has 1 amide bonds. The molecular weight excluding hydrogens is 234 g/mol. The molecule has 3 nitrogen and oxygen atoms in total. The minimum absolute atomic E-state index is 0.112. The van der Waals surface area contributed by atoms with Gasteiger partial charge in [-0.2, -0.15) is 0 Å². The molecule has 0 aromatic carbocycles. The second-order valence-electron chi connectivity index (χ2n) is 5.05. The van der Waals surface area contributed by atoms with Crippen molar-refractivity contribution in [1.29, 1.82) is 0 Å². The van der Waals surface area contributed by atoms with Crippen molar-refractivity contribution in [2.75, 3.05) is 13.1 Å². The highest BCUT2D eigenvalue weighted by molar-refractivity contribution is 7.13. The Morgan fingerprint density at radius 2 is 2.18 bits per heavy atom. The topological polar surface area (TPSA) is 40.5 Å². The maximum Gasteiger partial charge on any atom is 0.263 e. The van der Waals surface area contributed by atoms with Gasteiger partial charge in [0.15, 0.2) is 0 Å². The molecule has 1 aromatic heterocycles. The molecule has 1 aromatic rings. The molecule has 1 N–H and O–H groups in total. The van der Waals surface area contributed by atoms with E-state index in [4.69, 9.17) is 0 Å². The van der Waals surface area contributed by atoms with E-state index in [2.05, 4.69) is 0 Å². The minimum Gasteiger partial charge on any atom is -0.390 e. The van der Waals surface area contributed by atoms with Crippen LogP contribution in [-0.4, -0.2) is 34.6 Å². The Balaban J connectivity index is 2.05. The van der Waals surface area contributed by atoms with Crippen molar-refractivity contribution in [3.05, 3.63) is 21.9 Å². The molecule has 2 heterocycles. The summed E-state index contributed by atoms with van der Waals surface area (Å²) in [5, 5.41) is 9.99. The van der Waals surface area contributed by atoms with Gasteiger partial charge in [0.2, 0.25) is 0 Å². The van der Waals surface area contributed by atoms with Gasteiger partial charge in [-0.05, 0) is 45.2 Å². The molecule has 4 heteroatoms. The summed E-state index contributed by atoms with van der Waals surface area (Å²) >= 11 is 1.54. The number of nitrogens with zero attached hydrogens (tertiary/aromatic N) is 1. The molecule has 1 unspecified atom stereocenters. The van der Waals surface area contributed by atoms with Crippen molar-refractivity contribution in [3.63, 3.8) is 0 Å². The summed E-state index contributed by atoms with van der Waals surface area (Å²) in [4.78, 5) is 16.1. The fraction of sp³-hybridized carbons (Fsp3) is 0.615. The van der Waals surface area contributed by atoms with Gasteiger partial charge in [0, 0.05) is 18.0 Å². The van der Waals surface area contributed by atoms with Crippen LogP contribution in [-0.2, 0) is 0 Å². The zero-order valence-electron chi connectivity index (χ0n) is 10.4. The van der Waals surface area contributed by atoms with Gasteiger partial charge in [-0.1, -0.05) is 0 Å². The van der Waals surface area contributed by atoms with Crippen LogP contribution in [0.2, 0.25) is 0 Å². The summed E-state index contributed by atoms with van der Waals surface area (Å²) in [5.74, 6) is 0.112. The Hall–Kier alpha value is -0.870. The largest absolute Gasteiger partial charge is 0.390 e. The van der Waals surface area contributed by atoms with E-state index in [0.29, 0.717) is 13.0 Å². The van der Waals surface area contributed by atoms with Crippen LogP contribution < -0.4 is 0 Å². The van der Waals surface area contributed by atoms with Gasteiger partial charge >= 0.3 is 0 Å². The lowest BCUT2D eigenvalue weighted by atomic mass is 9.98. The van der Waals surface area contributed by atoms with Crippen molar-refractivity contribution in [2.24, 2.45) is 0 Å². The Morgan fingerprint density at radius 3 is 2.82 bits per heavy atom. The van der Waals surface area contributed by atoms with E-state index >= 15 is 0 Å². The van der Waals surface area contributed by atoms with Crippen LogP contribution in [0.1, 0.15) is 40.7 Å². The molecule has 1 atom stereocenters. The van der Waals surface area contributed by atoms with Crippen LogP contribution in [0.15, 0.2) is 12.1 Å². The standard InChI is InChI=1S/C13H19NO2S/c1-10-4-5-11(17-10)12(15)14-8-3-6-13(2,16)7-9-14/h4-5,16H,3,6-9H2,1-2H3. The first-order valence-corrected chi connectivity index (χ1v) is 6.88. The zero-order chi connectivity index (χ0) is 12.5. The molecule has 2 rings (SSSR count). The van der Waals surface area contributed by atoms with Gasteiger partial charge < -0.3 is 10.0 Å². The molecule has 94 valence electrons. The number of likely N-dealkylation sites (tertiary alicyclic amines) is 1. The number of carbonyl (C=O) groups is 1. The van der Waals surface area contributed by atoms with Crippen molar-refractivity contribution < 1.29 is 9.90 Å². The summed E-state index contributed by atoms with van der Waals surface area (Å²) < 4.78 is 0. The van der Waals surface area contributed by atoms with E-state index in [0.717, 1.165) is 29.1 Å². The van der Waals surface area contributed by atoms with Crippen LogP contribution in [0.5, 0.6) is 0 Å². The first kappa shape index (κ1) is 12.6. The van der Waals surface area contributed by atoms with E-state index in [1.807, 2.05) is 30.9 Å². The molecule has 1 fully saturated rings. The average Bonchev–Trinajstić information content (AvgIpc) is 2.60. The third kappa shape index (κ3) is 3.07. The van der Waals surface area contributed by atoms with Crippen molar-refractivity contribution in [3.8, 4) is 0 Å². The summed E-state index contributed by atoms with van der Waals surface area (Å²) in [6, 6.07) is 3.87. The smallest absolute Gasteiger partial charge is 0.263 e. The number of thiophene rings is 1. The quantitative estimate of drug-likeness (QED) is 0.835. The van der Waals surface area contributed by atoms with Gasteiger partial charge in [-0.25, -0.2) is 0 Å². The minimum atomic E-state index is -0.611.